The Bertz CT molecular complexity index is 134. The van der Waals surface area contributed by atoms with Gasteiger partial charge in [0.2, 0.25) is 0 Å². The van der Waals surface area contributed by atoms with E-state index in [1.807, 2.05) is 0 Å². The van der Waals surface area contributed by atoms with Crippen LogP contribution in [0.2, 0.25) is 0 Å². The molecule has 0 heterocycles. The Kier molecular flexibility index (Phi) is 3.93. The molecule has 0 unspecified atom stereocenters. The van der Waals surface area contributed by atoms with Gasteiger partial charge in [0, 0.05) is 0 Å². The fourth-order valence-corrected chi connectivity index (χ4v) is 0.406. The second-order valence-electron chi connectivity index (χ2n) is 1.61. The van der Waals surface area contributed by atoms with Crippen LogP contribution in [-0.2, 0) is 0 Å². The van der Waals surface area contributed by atoms with Crippen molar-refractivity contribution in [1.82, 2.24) is 0 Å². The van der Waals surface area contributed by atoms with Gasteiger partial charge in [0.25, 0.3) is 0 Å². The molecule has 0 N–H and O–H groups in total. The van der Waals surface area contributed by atoms with E-state index in [2.05, 4.69) is 0 Å². The first-order valence-corrected chi connectivity index (χ1v) is 2.89. The first-order valence-electron chi connectivity index (χ1n) is 2.89. The zero-order valence-corrected chi connectivity index (χ0v) is 5.62. The minimum Gasteiger partial charge on any atom is -0.209 e. The molecule has 0 rings (SSSR count). The molecule has 52 valence electrons. The topological polar surface area (TPSA) is 0 Å². The van der Waals surface area contributed by atoms with E-state index in [0.717, 1.165) is 6.08 Å². The maximum Gasteiger partial charge on any atom is 0.154 e. The van der Waals surface area contributed by atoms with Crippen LogP contribution < -0.4 is 0 Å². The average molecular weight is 132 g/mol. The molecule has 0 aromatic heterocycles. The summed E-state index contributed by atoms with van der Waals surface area (Å²) in [6, 6.07) is 0. The van der Waals surface area contributed by atoms with Crippen LogP contribution >= 0.6 is 0 Å². The summed E-state index contributed by atoms with van der Waals surface area (Å²) in [5.41, 5.74) is 0. The van der Waals surface area contributed by atoms with Crippen LogP contribution in [0.4, 0.5) is 8.78 Å². The second kappa shape index (κ2) is 4.24. The van der Waals surface area contributed by atoms with Crippen molar-refractivity contribution in [2.45, 2.75) is 20.3 Å². The molecule has 0 nitrogen and oxygen atoms in total. The van der Waals surface area contributed by atoms with E-state index in [4.69, 9.17) is 0 Å². The molecule has 2 heteroatoms. The molecule has 0 aliphatic carbocycles. The lowest BCUT2D eigenvalue weighted by molar-refractivity contribution is 0.532. The van der Waals surface area contributed by atoms with Gasteiger partial charge in [0.15, 0.2) is 5.83 Å². The highest BCUT2D eigenvalue weighted by Gasteiger charge is 1.96. The Morgan fingerprint density at radius 2 is 2.00 bits per heavy atom. The molecule has 0 fully saturated rings. The summed E-state index contributed by atoms with van der Waals surface area (Å²) in [4.78, 5) is 0. The van der Waals surface area contributed by atoms with Gasteiger partial charge in [0.1, 0.15) is 5.83 Å². The highest BCUT2D eigenvalue weighted by atomic mass is 19.2. The van der Waals surface area contributed by atoms with Crippen LogP contribution in [-0.4, -0.2) is 0 Å². The van der Waals surface area contributed by atoms with Crippen LogP contribution in [0.15, 0.2) is 23.8 Å². The smallest absolute Gasteiger partial charge is 0.154 e. The summed E-state index contributed by atoms with van der Waals surface area (Å²) in [6.07, 6.45) is 2.69. The van der Waals surface area contributed by atoms with Crippen LogP contribution in [0.1, 0.15) is 20.3 Å². The average Bonchev–Trinajstić information content (AvgIpc) is 1.87. The van der Waals surface area contributed by atoms with Gasteiger partial charge in [-0.3, -0.25) is 0 Å². The fourth-order valence-electron chi connectivity index (χ4n) is 0.406. The first kappa shape index (κ1) is 8.34. The quantitative estimate of drug-likeness (QED) is 0.506. The van der Waals surface area contributed by atoms with E-state index in [-0.39, 0.29) is 6.42 Å². The van der Waals surface area contributed by atoms with Crippen molar-refractivity contribution in [3.05, 3.63) is 23.8 Å². The molecule has 0 atom stereocenters. The van der Waals surface area contributed by atoms with Gasteiger partial charge < -0.3 is 0 Å². The Morgan fingerprint density at radius 1 is 1.44 bits per heavy atom. The number of hydrogen-bond donors (Lipinski definition) is 0. The number of rotatable bonds is 2. The Morgan fingerprint density at radius 3 is 2.33 bits per heavy atom. The van der Waals surface area contributed by atoms with Gasteiger partial charge in [-0.1, -0.05) is 13.0 Å². The standard InChI is InChI=1S/C7H10F2/c1-3-5-7(9)6(8)4-2/h3,5H,4H2,1-2H3/b5-3-,7-6-. The summed E-state index contributed by atoms with van der Waals surface area (Å²) in [6.45, 7) is 3.21. The number of halogens is 2. The van der Waals surface area contributed by atoms with E-state index in [1.165, 1.54) is 6.08 Å². The Labute approximate surface area is 53.9 Å². The molecular weight excluding hydrogens is 122 g/mol. The summed E-state index contributed by atoms with van der Waals surface area (Å²) >= 11 is 0. The van der Waals surface area contributed by atoms with Gasteiger partial charge in [-0.25, -0.2) is 8.78 Å². The van der Waals surface area contributed by atoms with Gasteiger partial charge in [-0.2, -0.15) is 0 Å². The summed E-state index contributed by atoms with van der Waals surface area (Å²) in [7, 11) is 0. The molecular formula is C7H10F2. The maximum absolute atomic E-state index is 12.2. The number of allylic oxidation sites excluding steroid dienone is 4. The molecule has 9 heavy (non-hydrogen) atoms. The molecule has 0 amide bonds. The minimum atomic E-state index is -0.764. The largest absolute Gasteiger partial charge is 0.209 e. The predicted octanol–water partition coefficient (Wildman–Crippen LogP) is 3.12. The van der Waals surface area contributed by atoms with E-state index in [9.17, 15) is 8.78 Å². The van der Waals surface area contributed by atoms with Crippen molar-refractivity contribution >= 4 is 0 Å². The highest BCUT2D eigenvalue weighted by molar-refractivity contribution is 5.13. The summed E-state index contributed by atoms with van der Waals surface area (Å²) in [5.74, 6) is -1.45. The van der Waals surface area contributed by atoms with Crippen molar-refractivity contribution < 1.29 is 8.78 Å². The summed E-state index contributed by atoms with van der Waals surface area (Å²) < 4.78 is 24.4. The van der Waals surface area contributed by atoms with Gasteiger partial charge in [-0.05, 0) is 19.4 Å². The molecule has 0 aromatic rings. The minimum absolute atomic E-state index is 0.121. The van der Waals surface area contributed by atoms with Crippen LogP contribution in [0.25, 0.3) is 0 Å². The summed E-state index contributed by atoms with van der Waals surface area (Å²) in [5, 5.41) is 0. The molecule has 0 aliphatic rings. The molecule has 0 radical (unpaired) electrons. The third-order valence-corrected chi connectivity index (χ3v) is 0.883. The SMILES string of the molecule is C/C=C\C(F)=C(\F)CC. The van der Waals surface area contributed by atoms with Gasteiger partial charge in [-0.15, -0.1) is 0 Å². The normalized spacial score (nSPS) is 14.2. The highest BCUT2D eigenvalue weighted by Crippen LogP contribution is 2.11. The maximum atomic E-state index is 12.2. The lowest BCUT2D eigenvalue weighted by Gasteiger charge is -1.88. The monoisotopic (exact) mass is 132 g/mol. The van der Waals surface area contributed by atoms with Gasteiger partial charge >= 0.3 is 0 Å². The Balaban J connectivity index is 4.10. The van der Waals surface area contributed by atoms with Crippen LogP contribution in [0.3, 0.4) is 0 Å². The zero-order valence-electron chi connectivity index (χ0n) is 5.62. The Hall–Kier alpha value is -0.660. The van der Waals surface area contributed by atoms with Crippen molar-refractivity contribution in [3.8, 4) is 0 Å². The molecule has 0 saturated heterocycles. The lowest BCUT2D eigenvalue weighted by atomic mass is 10.3. The molecule has 0 saturated carbocycles. The van der Waals surface area contributed by atoms with E-state index >= 15 is 0 Å². The predicted molar refractivity (Wildman–Crippen MR) is 34.3 cm³/mol. The second-order valence-corrected chi connectivity index (χ2v) is 1.61. The lowest BCUT2D eigenvalue weighted by Crippen LogP contribution is -1.72. The van der Waals surface area contributed by atoms with Crippen molar-refractivity contribution in [2.75, 3.05) is 0 Å². The molecule has 0 aliphatic heterocycles. The third kappa shape index (κ3) is 3.01. The van der Waals surface area contributed by atoms with Crippen molar-refractivity contribution in [2.24, 2.45) is 0 Å². The fraction of sp³-hybridized carbons (Fsp3) is 0.429. The van der Waals surface area contributed by atoms with Crippen molar-refractivity contribution in [1.29, 1.82) is 0 Å². The van der Waals surface area contributed by atoms with E-state index in [0.29, 0.717) is 0 Å². The number of hydrogen-bond acceptors (Lipinski definition) is 0. The third-order valence-electron chi connectivity index (χ3n) is 0.883. The van der Waals surface area contributed by atoms with Gasteiger partial charge in [0.05, 0.1) is 0 Å². The molecule has 0 bridgehead atoms. The van der Waals surface area contributed by atoms with Crippen LogP contribution in [0.5, 0.6) is 0 Å². The van der Waals surface area contributed by atoms with Crippen molar-refractivity contribution in [3.63, 3.8) is 0 Å². The van der Waals surface area contributed by atoms with E-state index < -0.39 is 11.7 Å². The zero-order chi connectivity index (χ0) is 7.28. The molecule has 0 spiro atoms. The first-order chi connectivity index (χ1) is 4.22. The van der Waals surface area contributed by atoms with Crippen LogP contribution in [0, 0.1) is 0 Å². The van der Waals surface area contributed by atoms with E-state index in [1.54, 1.807) is 13.8 Å². The molecule has 0 aromatic carbocycles.